The number of hydrogen-bond acceptors (Lipinski definition) is 8. The molecule has 2 aromatic heterocycles. The van der Waals surface area contributed by atoms with E-state index in [1.807, 2.05) is 0 Å². The molecule has 0 aliphatic carbocycles. The van der Waals surface area contributed by atoms with Crippen LogP contribution in [0.1, 0.15) is 10.5 Å². The molecule has 3 rings (SSSR count). The third-order valence-corrected chi connectivity index (χ3v) is 3.42. The predicted molar refractivity (Wildman–Crippen MR) is 83.5 cm³/mol. The van der Waals surface area contributed by atoms with Crippen LogP contribution in [0, 0.1) is 20.2 Å². The maximum atomic E-state index is 12.0. The lowest BCUT2D eigenvalue weighted by Gasteiger charge is -2.02. The first kappa shape index (κ1) is 16.0. The summed E-state index contributed by atoms with van der Waals surface area (Å²) in [5.41, 5.74) is -1.03. The summed E-state index contributed by atoms with van der Waals surface area (Å²) < 4.78 is 5.79. The highest BCUT2D eigenvalue weighted by atomic mass is 16.6. The fraction of sp³-hybridized carbons (Fsp3) is 0.0714. The average molecular weight is 343 g/mol. The summed E-state index contributed by atoms with van der Waals surface area (Å²) in [5, 5.41) is 26.4. The molecule has 0 aliphatic rings. The number of fused-ring (bicyclic) bond motifs is 1. The Balaban J connectivity index is 2.47. The van der Waals surface area contributed by atoms with Crippen molar-refractivity contribution in [3.63, 3.8) is 0 Å². The molecule has 0 unspecified atom stereocenters. The zero-order valence-corrected chi connectivity index (χ0v) is 12.6. The molecule has 11 nitrogen and oxygen atoms in total. The topological polar surface area (TPSA) is 143 Å². The van der Waals surface area contributed by atoms with Crippen LogP contribution in [0.3, 0.4) is 0 Å². The quantitative estimate of drug-likeness (QED) is 0.397. The summed E-state index contributed by atoms with van der Waals surface area (Å²) in [6, 6.07) is 5.07. The molecule has 0 N–H and O–H groups in total. The SMILES string of the molecule is COC(=O)c1nn(-c2cccnc2)c2cc([N+](=O)[O-])cc([N+](=O)[O-])c12. The summed E-state index contributed by atoms with van der Waals surface area (Å²) in [5.74, 6) is -0.899. The number of benzene rings is 1. The van der Waals surface area contributed by atoms with Gasteiger partial charge in [-0.1, -0.05) is 0 Å². The van der Waals surface area contributed by atoms with Gasteiger partial charge in [0.25, 0.3) is 11.4 Å². The molecule has 126 valence electrons. The van der Waals surface area contributed by atoms with Gasteiger partial charge in [0.2, 0.25) is 0 Å². The van der Waals surface area contributed by atoms with E-state index in [2.05, 4.69) is 14.8 Å². The second-order valence-electron chi connectivity index (χ2n) is 4.84. The van der Waals surface area contributed by atoms with Crippen molar-refractivity contribution in [2.45, 2.75) is 0 Å². The summed E-state index contributed by atoms with van der Waals surface area (Å²) in [6.45, 7) is 0. The smallest absolute Gasteiger partial charge is 0.359 e. The molecule has 2 heterocycles. The minimum absolute atomic E-state index is 0.0225. The standard InChI is InChI=1S/C14H9N5O6/c1-25-14(20)13-12-10(17(16-13)8-3-2-4-15-7-8)5-9(18(21)22)6-11(12)19(23)24/h2-7H,1H3. The number of pyridine rings is 1. The summed E-state index contributed by atoms with van der Waals surface area (Å²) in [6.07, 6.45) is 2.90. The zero-order valence-electron chi connectivity index (χ0n) is 12.6. The number of carbonyl (C=O) groups is 1. The maximum Gasteiger partial charge on any atom is 0.359 e. The van der Waals surface area contributed by atoms with Gasteiger partial charge in [-0.15, -0.1) is 0 Å². The fourth-order valence-electron chi connectivity index (χ4n) is 2.38. The number of esters is 1. The lowest BCUT2D eigenvalue weighted by Crippen LogP contribution is -2.05. The van der Waals surface area contributed by atoms with Gasteiger partial charge in [-0.05, 0) is 12.1 Å². The Bertz CT molecular complexity index is 1010. The van der Waals surface area contributed by atoms with Gasteiger partial charge >= 0.3 is 5.97 Å². The normalized spacial score (nSPS) is 10.6. The van der Waals surface area contributed by atoms with E-state index in [9.17, 15) is 25.0 Å². The molecule has 0 amide bonds. The Kier molecular flexibility index (Phi) is 3.81. The molecule has 1 aromatic carbocycles. The highest BCUT2D eigenvalue weighted by molar-refractivity contribution is 6.07. The van der Waals surface area contributed by atoms with Crippen molar-refractivity contribution in [2.24, 2.45) is 0 Å². The molecular weight excluding hydrogens is 334 g/mol. The maximum absolute atomic E-state index is 12.0. The van der Waals surface area contributed by atoms with Crippen LogP contribution in [0.5, 0.6) is 0 Å². The van der Waals surface area contributed by atoms with E-state index in [1.165, 1.54) is 17.1 Å². The number of rotatable bonds is 4. The number of hydrogen-bond donors (Lipinski definition) is 0. The van der Waals surface area contributed by atoms with Gasteiger partial charge in [-0.25, -0.2) is 9.48 Å². The van der Waals surface area contributed by atoms with E-state index in [0.29, 0.717) is 5.69 Å². The number of nitro groups is 2. The van der Waals surface area contributed by atoms with Gasteiger partial charge in [0.1, 0.15) is 5.39 Å². The molecule has 0 aliphatic heterocycles. The van der Waals surface area contributed by atoms with Crippen molar-refractivity contribution < 1.29 is 19.4 Å². The Morgan fingerprint density at radius 3 is 2.56 bits per heavy atom. The minimum atomic E-state index is -0.899. The van der Waals surface area contributed by atoms with E-state index in [0.717, 1.165) is 19.2 Å². The number of nitrogens with zero attached hydrogens (tertiary/aromatic N) is 5. The molecule has 0 radical (unpaired) electrons. The van der Waals surface area contributed by atoms with Gasteiger partial charge in [-0.3, -0.25) is 25.2 Å². The van der Waals surface area contributed by atoms with E-state index < -0.39 is 27.2 Å². The molecule has 0 saturated heterocycles. The summed E-state index contributed by atoms with van der Waals surface area (Å²) in [4.78, 5) is 36.8. The van der Waals surface area contributed by atoms with Crippen molar-refractivity contribution >= 4 is 28.2 Å². The zero-order chi connectivity index (χ0) is 18.1. The highest BCUT2D eigenvalue weighted by Gasteiger charge is 2.29. The van der Waals surface area contributed by atoms with Crippen LogP contribution >= 0.6 is 0 Å². The summed E-state index contributed by atoms with van der Waals surface area (Å²) in [7, 11) is 1.11. The monoisotopic (exact) mass is 343 g/mol. The largest absolute Gasteiger partial charge is 0.464 e. The van der Waals surface area contributed by atoms with Crippen LogP contribution in [0.15, 0.2) is 36.7 Å². The van der Waals surface area contributed by atoms with Crippen LogP contribution in [0.4, 0.5) is 11.4 Å². The average Bonchev–Trinajstić information content (AvgIpc) is 3.00. The third-order valence-electron chi connectivity index (χ3n) is 3.42. The Morgan fingerprint density at radius 2 is 2.00 bits per heavy atom. The molecule has 0 fully saturated rings. The van der Waals surface area contributed by atoms with Gasteiger partial charge in [-0.2, -0.15) is 5.10 Å². The van der Waals surface area contributed by atoms with E-state index in [-0.39, 0.29) is 16.6 Å². The first-order valence-corrected chi connectivity index (χ1v) is 6.78. The van der Waals surface area contributed by atoms with Gasteiger partial charge in [0.05, 0.1) is 40.4 Å². The number of aromatic nitrogens is 3. The van der Waals surface area contributed by atoms with Crippen LogP contribution in [0.25, 0.3) is 16.6 Å². The lowest BCUT2D eigenvalue weighted by atomic mass is 10.1. The van der Waals surface area contributed by atoms with Crippen LogP contribution < -0.4 is 0 Å². The number of nitro benzene ring substituents is 2. The number of carbonyl (C=O) groups excluding carboxylic acids is 1. The first-order valence-electron chi connectivity index (χ1n) is 6.78. The van der Waals surface area contributed by atoms with E-state index >= 15 is 0 Å². The molecule has 0 atom stereocenters. The van der Waals surface area contributed by atoms with E-state index in [1.54, 1.807) is 12.1 Å². The van der Waals surface area contributed by atoms with Crippen molar-refractivity contribution in [2.75, 3.05) is 7.11 Å². The van der Waals surface area contributed by atoms with Gasteiger partial charge in [0, 0.05) is 12.3 Å². The van der Waals surface area contributed by atoms with Crippen molar-refractivity contribution in [3.8, 4) is 5.69 Å². The molecule has 0 spiro atoms. The number of methoxy groups -OCH3 is 1. The fourth-order valence-corrected chi connectivity index (χ4v) is 2.38. The molecule has 0 bridgehead atoms. The second kappa shape index (κ2) is 5.96. The highest BCUT2D eigenvalue weighted by Crippen LogP contribution is 2.34. The minimum Gasteiger partial charge on any atom is -0.464 e. The van der Waals surface area contributed by atoms with E-state index in [4.69, 9.17) is 0 Å². The second-order valence-corrected chi connectivity index (χ2v) is 4.84. The van der Waals surface area contributed by atoms with Crippen molar-refractivity contribution in [3.05, 3.63) is 62.6 Å². The number of ether oxygens (including phenoxy) is 1. The molecular formula is C14H9N5O6. The molecule has 3 aromatic rings. The molecule has 0 saturated carbocycles. The molecule has 11 heteroatoms. The van der Waals surface area contributed by atoms with Crippen LogP contribution in [-0.2, 0) is 4.74 Å². The summed E-state index contributed by atoms with van der Waals surface area (Å²) >= 11 is 0. The molecule has 25 heavy (non-hydrogen) atoms. The van der Waals surface area contributed by atoms with Crippen molar-refractivity contribution in [1.29, 1.82) is 0 Å². The Morgan fingerprint density at radius 1 is 1.24 bits per heavy atom. The van der Waals surface area contributed by atoms with Gasteiger partial charge < -0.3 is 4.74 Å². The lowest BCUT2D eigenvalue weighted by molar-refractivity contribution is -0.393. The Labute approximate surface area is 138 Å². The van der Waals surface area contributed by atoms with Crippen molar-refractivity contribution in [1.82, 2.24) is 14.8 Å². The third kappa shape index (κ3) is 2.63. The first-order chi connectivity index (χ1) is 11.9. The predicted octanol–water partition coefficient (Wildman–Crippen LogP) is 2.02. The van der Waals surface area contributed by atoms with Crippen LogP contribution in [-0.4, -0.2) is 37.7 Å². The Hall–Kier alpha value is -3.89. The number of non-ortho nitro benzene ring substituents is 2. The van der Waals surface area contributed by atoms with Crippen LogP contribution in [0.2, 0.25) is 0 Å². The van der Waals surface area contributed by atoms with Gasteiger partial charge in [0.15, 0.2) is 5.69 Å².